The summed E-state index contributed by atoms with van der Waals surface area (Å²) in [5, 5.41) is 7.54. The Morgan fingerprint density at radius 2 is 2.24 bits per heavy atom. The maximum Gasteiger partial charge on any atom is 0.229 e. The van der Waals surface area contributed by atoms with Crippen molar-refractivity contribution in [2.75, 3.05) is 23.3 Å². The molecule has 1 aliphatic heterocycles. The molecule has 0 radical (unpaired) electrons. The standard InChI is InChI=1S/C20H26N8O/c1-5-16(29)8-14-6-7-27(10-14)20-24-18(23-15-9-22-26(4)11-15)17-19(25-20)28(12-21-17)13(2)3/h5,9,11-14H,1,6-8,10H2,2-4H3,(H,23,24,25). The summed E-state index contributed by atoms with van der Waals surface area (Å²) in [5.74, 6) is 1.69. The monoisotopic (exact) mass is 394 g/mol. The van der Waals surface area contributed by atoms with Crippen LogP contribution in [0.4, 0.5) is 17.5 Å². The molecule has 0 aromatic carbocycles. The average Bonchev–Trinajstić information content (AvgIpc) is 3.41. The largest absolute Gasteiger partial charge is 0.340 e. The molecule has 1 fully saturated rings. The Bertz CT molecular complexity index is 1050. The molecular formula is C20H26N8O. The Labute approximate surface area is 169 Å². The molecule has 4 rings (SSSR count). The van der Waals surface area contributed by atoms with Gasteiger partial charge in [-0.1, -0.05) is 6.58 Å². The van der Waals surface area contributed by atoms with Gasteiger partial charge in [-0.2, -0.15) is 15.1 Å². The number of ketones is 1. The van der Waals surface area contributed by atoms with Gasteiger partial charge in [-0.25, -0.2) is 4.98 Å². The molecule has 0 spiro atoms. The highest BCUT2D eigenvalue weighted by Gasteiger charge is 2.27. The van der Waals surface area contributed by atoms with E-state index in [9.17, 15) is 4.79 Å². The van der Waals surface area contributed by atoms with Crippen molar-refractivity contribution in [2.45, 2.75) is 32.7 Å². The summed E-state index contributed by atoms with van der Waals surface area (Å²) in [5.41, 5.74) is 2.36. The van der Waals surface area contributed by atoms with Crippen LogP contribution in [0.5, 0.6) is 0 Å². The lowest BCUT2D eigenvalue weighted by atomic mass is 10.0. The Kier molecular flexibility index (Phi) is 5.04. The number of imidazole rings is 1. The van der Waals surface area contributed by atoms with Gasteiger partial charge in [0.25, 0.3) is 0 Å². The molecule has 1 saturated heterocycles. The van der Waals surface area contributed by atoms with Crippen molar-refractivity contribution in [1.82, 2.24) is 29.3 Å². The molecule has 3 aromatic heterocycles. The van der Waals surface area contributed by atoms with E-state index in [0.29, 0.717) is 24.1 Å². The van der Waals surface area contributed by atoms with Gasteiger partial charge in [-0.15, -0.1) is 0 Å². The normalized spacial score (nSPS) is 16.7. The number of aromatic nitrogens is 6. The van der Waals surface area contributed by atoms with E-state index in [0.717, 1.165) is 36.4 Å². The summed E-state index contributed by atoms with van der Waals surface area (Å²) >= 11 is 0. The number of anilines is 3. The van der Waals surface area contributed by atoms with E-state index in [1.807, 2.05) is 17.8 Å². The van der Waals surface area contributed by atoms with Gasteiger partial charge in [0.1, 0.15) is 0 Å². The minimum absolute atomic E-state index is 0.0880. The topological polar surface area (TPSA) is 93.8 Å². The zero-order valence-corrected chi connectivity index (χ0v) is 17.0. The number of allylic oxidation sites excluding steroid dienone is 1. The first-order chi connectivity index (χ1) is 13.9. The van der Waals surface area contributed by atoms with Crippen molar-refractivity contribution in [2.24, 2.45) is 13.0 Å². The summed E-state index contributed by atoms with van der Waals surface area (Å²) in [6.07, 6.45) is 8.31. The highest BCUT2D eigenvalue weighted by Crippen LogP contribution is 2.30. The lowest BCUT2D eigenvalue weighted by molar-refractivity contribution is -0.115. The number of aryl methyl sites for hydroxylation is 1. The Hall–Kier alpha value is -3.23. The van der Waals surface area contributed by atoms with Crippen LogP contribution in [0.15, 0.2) is 31.4 Å². The van der Waals surface area contributed by atoms with Crippen LogP contribution in [0.25, 0.3) is 11.2 Å². The van der Waals surface area contributed by atoms with Gasteiger partial charge in [0.05, 0.1) is 18.2 Å². The highest BCUT2D eigenvalue weighted by atomic mass is 16.1. The minimum Gasteiger partial charge on any atom is -0.340 e. The lowest BCUT2D eigenvalue weighted by Gasteiger charge is -2.18. The number of hydrogen-bond acceptors (Lipinski definition) is 7. The van der Waals surface area contributed by atoms with Crippen molar-refractivity contribution in [3.05, 3.63) is 31.4 Å². The van der Waals surface area contributed by atoms with Gasteiger partial charge < -0.3 is 14.8 Å². The first kappa shape index (κ1) is 19.1. The number of hydrogen-bond donors (Lipinski definition) is 1. The second-order valence-electron chi connectivity index (χ2n) is 7.79. The van der Waals surface area contributed by atoms with E-state index >= 15 is 0 Å². The number of fused-ring (bicyclic) bond motifs is 1. The predicted octanol–water partition coefficient (Wildman–Crippen LogP) is 2.86. The van der Waals surface area contributed by atoms with E-state index in [1.165, 1.54) is 6.08 Å². The molecule has 0 saturated carbocycles. The predicted molar refractivity (Wildman–Crippen MR) is 112 cm³/mol. The van der Waals surface area contributed by atoms with Crippen LogP contribution >= 0.6 is 0 Å². The SMILES string of the molecule is C=CC(=O)CC1CCN(c2nc(Nc3cnn(C)c3)c3ncn(C(C)C)c3n2)C1. The molecule has 0 amide bonds. The minimum atomic E-state index is 0.0880. The fourth-order valence-corrected chi connectivity index (χ4v) is 3.68. The van der Waals surface area contributed by atoms with Crippen molar-refractivity contribution >= 4 is 34.4 Å². The number of carbonyl (C=O) groups is 1. The first-order valence-corrected chi connectivity index (χ1v) is 9.85. The Morgan fingerprint density at radius 3 is 2.93 bits per heavy atom. The van der Waals surface area contributed by atoms with E-state index in [1.54, 1.807) is 17.2 Å². The molecule has 0 aliphatic carbocycles. The van der Waals surface area contributed by atoms with Gasteiger partial charge >= 0.3 is 0 Å². The van der Waals surface area contributed by atoms with Gasteiger partial charge in [-0.3, -0.25) is 9.48 Å². The fraction of sp³-hybridized carbons (Fsp3) is 0.450. The molecule has 152 valence electrons. The van der Waals surface area contributed by atoms with Crippen LogP contribution in [0.3, 0.4) is 0 Å². The molecular weight excluding hydrogens is 368 g/mol. The Balaban J connectivity index is 1.69. The second kappa shape index (κ2) is 7.65. The third kappa shape index (κ3) is 3.85. The quantitative estimate of drug-likeness (QED) is 0.616. The third-order valence-electron chi connectivity index (χ3n) is 5.22. The average molecular weight is 394 g/mol. The molecule has 3 aromatic rings. The lowest BCUT2D eigenvalue weighted by Crippen LogP contribution is -2.23. The van der Waals surface area contributed by atoms with E-state index in [-0.39, 0.29) is 11.8 Å². The molecule has 29 heavy (non-hydrogen) atoms. The maximum atomic E-state index is 11.7. The molecule has 1 N–H and O–H groups in total. The smallest absolute Gasteiger partial charge is 0.229 e. The summed E-state index contributed by atoms with van der Waals surface area (Å²) in [4.78, 5) is 28.0. The van der Waals surface area contributed by atoms with Crippen molar-refractivity contribution in [3.63, 3.8) is 0 Å². The molecule has 1 aliphatic rings. The molecule has 9 nitrogen and oxygen atoms in total. The first-order valence-electron chi connectivity index (χ1n) is 9.85. The molecule has 9 heteroatoms. The summed E-state index contributed by atoms with van der Waals surface area (Å²) < 4.78 is 3.78. The van der Waals surface area contributed by atoms with Gasteiger partial charge in [-0.05, 0) is 32.3 Å². The van der Waals surface area contributed by atoms with E-state index in [2.05, 4.69) is 40.7 Å². The van der Waals surface area contributed by atoms with Crippen LogP contribution in [-0.2, 0) is 11.8 Å². The molecule has 0 bridgehead atoms. The van der Waals surface area contributed by atoms with E-state index < -0.39 is 0 Å². The summed E-state index contributed by atoms with van der Waals surface area (Å²) in [7, 11) is 1.87. The van der Waals surface area contributed by atoms with Crippen LogP contribution in [0, 0.1) is 5.92 Å². The summed E-state index contributed by atoms with van der Waals surface area (Å²) in [6, 6.07) is 0.227. The second-order valence-corrected chi connectivity index (χ2v) is 7.79. The van der Waals surface area contributed by atoms with Crippen molar-refractivity contribution in [1.29, 1.82) is 0 Å². The van der Waals surface area contributed by atoms with Gasteiger partial charge in [0.15, 0.2) is 22.8 Å². The zero-order chi connectivity index (χ0) is 20.5. The van der Waals surface area contributed by atoms with Crippen LogP contribution in [0.2, 0.25) is 0 Å². The number of nitrogens with zero attached hydrogens (tertiary/aromatic N) is 7. The molecule has 1 unspecified atom stereocenters. The van der Waals surface area contributed by atoms with Crippen LogP contribution in [-0.4, -0.2) is 48.2 Å². The van der Waals surface area contributed by atoms with Gasteiger partial charge in [0.2, 0.25) is 5.95 Å². The van der Waals surface area contributed by atoms with E-state index in [4.69, 9.17) is 9.97 Å². The van der Waals surface area contributed by atoms with Crippen molar-refractivity contribution in [3.8, 4) is 0 Å². The maximum absolute atomic E-state index is 11.7. The van der Waals surface area contributed by atoms with Crippen LogP contribution < -0.4 is 10.2 Å². The number of carbonyl (C=O) groups excluding carboxylic acids is 1. The molecule has 1 atom stereocenters. The molecule has 4 heterocycles. The highest BCUT2D eigenvalue weighted by molar-refractivity contribution is 5.89. The zero-order valence-electron chi connectivity index (χ0n) is 17.0. The van der Waals surface area contributed by atoms with Crippen molar-refractivity contribution < 1.29 is 4.79 Å². The fourth-order valence-electron chi connectivity index (χ4n) is 3.68. The third-order valence-corrected chi connectivity index (χ3v) is 5.22. The van der Waals surface area contributed by atoms with Gasteiger partial charge in [0, 0.05) is 38.8 Å². The number of nitrogens with one attached hydrogen (secondary N) is 1. The number of rotatable bonds is 7. The van der Waals surface area contributed by atoms with Crippen LogP contribution in [0.1, 0.15) is 32.7 Å². The Morgan fingerprint density at radius 1 is 1.41 bits per heavy atom. The summed E-state index contributed by atoms with van der Waals surface area (Å²) in [6.45, 7) is 9.36.